The van der Waals surface area contributed by atoms with E-state index < -0.39 is 4.92 Å². The van der Waals surface area contributed by atoms with Crippen LogP contribution in [0.2, 0.25) is 5.02 Å². The maximum atomic E-state index is 10.6. The van der Waals surface area contributed by atoms with E-state index in [1.807, 2.05) is 19.1 Å². The minimum atomic E-state index is -0.508. The molecule has 0 aliphatic carbocycles. The van der Waals surface area contributed by atoms with Gasteiger partial charge in [0.05, 0.1) is 15.8 Å². The smallest absolute Gasteiger partial charge is 0.271 e. The quantitative estimate of drug-likeness (QED) is 0.449. The number of hydrogen-bond donors (Lipinski definition) is 0. The van der Waals surface area contributed by atoms with E-state index in [1.54, 1.807) is 6.07 Å². The molecule has 0 heterocycles. The minimum Gasteiger partial charge on any atom is -0.455 e. The molecule has 4 nitrogen and oxygen atoms in total. The van der Waals surface area contributed by atoms with Crippen LogP contribution in [0.15, 0.2) is 36.4 Å². The van der Waals surface area contributed by atoms with Crippen LogP contribution < -0.4 is 4.74 Å². The lowest BCUT2D eigenvalue weighted by Gasteiger charge is -2.11. The lowest BCUT2D eigenvalue weighted by Crippen LogP contribution is -1.93. The standard InChI is InChI=1S/C14H11Cl2NO3/c1-9-2-4-13(10(6-9)8-15)20-14-5-3-11(17(18)19)7-12(14)16/h2-7H,8H2,1H3. The number of halogens is 2. The summed E-state index contributed by atoms with van der Waals surface area (Å²) in [4.78, 5) is 10.1. The van der Waals surface area contributed by atoms with Gasteiger partial charge in [0.2, 0.25) is 0 Å². The fourth-order valence-electron chi connectivity index (χ4n) is 1.72. The summed E-state index contributed by atoms with van der Waals surface area (Å²) in [5, 5.41) is 10.8. The van der Waals surface area contributed by atoms with E-state index in [0.29, 0.717) is 17.4 Å². The number of rotatable bonds is 4. The van der Waals surface area contributed by atoms with Gasteiger partial charge in [-0.3, -0.25) is 10.1 Å². The van der Waals surface area contributed by atoms with E-state index >= 15 is 0 Å². The average molecular weight is 312 g/mol. The molecular weight excluding hydrogens is 301 g/mol. The monoisotopic (exact) mass is 311 g/mol. The van der Waals surface area contributed by atoms with E-state index in [0.717, 1.165) is 11.1 Å². The first-order chi connectivity index (χ1) is 9.51. The third-order valence-electron chi connectivity index (χ3n) is 2.71. The van der Waals surface area contributed by atoms with Gasteiger partial charge in [-0.1, -0.05) is 29.3 Å². The number of ether oxygens (including phenoxy) is 1. The fraction of sp³-hybridized carbons (Fsp3) is 0.143. The molecule has 0 aliphatic heterocycles. The lowest BCUT2D eigenvalue weighted by molar-refractivity contribution is -0.384. The first kappa shape index (κ1) is 14.6. The van der Waals surface area contributed by atoms with E-state index in [2.05, 4.69) is 0 Å². The number of alkyl halides is 1. The molecule has 104 valence electrons. The molecule has 0 saturated heterocycles. The lowest BCUT2D eigenvalue weighted by atomic mass is 10.1. The predicted molar refractivity (Wildman–Crippen MR) is 78.9 cm³/mol. The maximum Gasteiger partial charge on any atom is 0.271 e. The van der Waals surface area contributed by atoms with Crippen molar-refractivity contribution in [1.29, 1.82) is 0 Å². The van der Waals surface area contributed by atoms with Crippen LogP contribution in [0.5, 0.6) is 11.5 Å². The molecule has 2 aromatic carbocycles. The van der Waals surface area contributed by atoms with Gasteiger partial charge in [0, 0.05) is 17.7 Å². The highest BCUT2D eigenvalue weighted by atomic mass is 35.5. The number of aryl methyl sites for hydroxylation is 1. The number of benzene rings is 2. The van der Waals surface area contributed by atoms with Crippen molar-refractivity contribution in [2.45, 2.75) is 12.8 Å². The summed E-state index contributed by atoms with van der Waals surface area (Å²) >= 11 is 11.9. The van der Waals surface area contributed by atoms with Crippen molar-refractivity contribution in [3.8, 4) is 11.5 Å². The second kappa shape index (κ2) is 6.11. The Kier molecular flexibility index (Phi) is 4.47. The molecule has 0 fully saturated rings. The van der Waals surface area contributed by atoms with Crippen LogP contribution in [-0.4, -0.2) is 4.92 Å². The second-order valence-corrected chi connectivity index (χ2v) is 4.89. The fourth-order valence-corrected chi connectivity index (χ4v) is 2.14. The molecule has 0 radical (unpaired) electrons. The molecule has 0 bridgehead atoms. The first-order valence-corrected chi connectivity index (χ1v) is 6.70. The van der Waals surface area contributed by atoms with Crippen molar-refractivity contribution in [3.63, 3.8) is 0 Å². The summed E-state index contributed by atoms with van der Waals surface area (Å²) in [6.45, 7) is 1.96. The SMILES string of the molecule is Cc1ccc(Oc2ccc([N+](=O)[O-])cc2Cl)c(CCl)c1. The van der Waals surface area contributed by atoms with Crippen LogP contribution in [0, 0.1) is 17.0 Å². The third kappa shape index (κ3) is 3.21. The molecule has 2 aromatic rings. The zero-order valence-corrected chi connectivity index (χ0v) is 12.1. The molecule has 0 N–H and O–H groups in total. The Morgan fingerprint density at radius 2 is 1.90 bits per heavy atom. The van der Waals surface area contributed by atoms with E-state index in [-0.39, 0.29) is 10.7 Å². The van der Waals surface area contributed by atoms with Crippen molar-refractivity contribution in [3.05, 3.63) is 62.7 Å². The number of nitro groups is 1. The van der Waals surface area contributed by atoms with Gasteiger partial charge in [-0.05, 0) is 19.1 Å². The van der Waals surface area contributed by atoms with E-state index in [4.69, 9.17) is 27.9 Å². The largest absolute Gasteiger partial charge is 0.455 e. The van der Waals surface area contributed by atoms with Crippen LogP contribution in [0.3, 0.4) is 0 Å². The topological polar surface area (TPSA) is 52.4 Å². The highest BCUT2D eigenvalue weighted by Crippen LogP contribution is 2.34. The van der Waals surface area contributed by atoms with Gasteiger partial charge in [0.25, 0.3) is 5.69 Å². The Hall–Kier alpha value is -1.78. The third-order valence-corrected chi connectivity index (χ3v) is 3.29. The van der Waals surface area contributed by atoms with E-state index in [9.17, 15) is 10.1 Å². The van der Waals surface area contributed by atoms with Gasteiger partial charge in [-0.15, -0.1) is 11.6 Å². The molecule has 0 saturated carbocycles. The van der Waals surface area contributed by atoms with Crippen molar-refractivity contribution in [1.82, 2.24) is 0 Å². The Balaban J connectivity index is 2.33. The minimum absolute atomic E-state index is 0.0798. The van der Waals surface area contributed by atoms with Crippen LogP contribution in [-0.2, 0) is 5.88 Å². The number of non-ortho nitro benzene ring substituents is 1. The predicted octanol–water partition coefficient (Wildman–Crippen LogP) is 5.09. The summed E-state index contributed by atoms with van der Waals surface area (Å²) in [7, 11) is 0. The summed E-state index contributed by atoms with van der Waals surface area (Å²) in [6, 6.07) is 9.68. The van der Waals surface area contributed by atoms with Gasteiger partial charge < -0.3 is 4.74 Å². The molecular formula is C14H11Cl2NO3. The highest BCUT2D eigenvalue weighted by Gasteiger charge is 2.12. The van der Waals surface area contributed by atoms with Crippen molar-refractivity contribution in [2.75, 3.05) is 0 Å². The van der Waals surface area contributed by atoms with Gasteiger partial charge in [0.15, 0.2) is 0 Å². The zero-order valence-electron chi connectivity index (χ0n) is 10.6. The van der Waals surface area contributed by atoms with Crippen molar-refractivity contribution < 1.29 is 9.66 Å². The first-order valence-electron chi connectivity index (χ1n) is 5.78. The molecule has 0 spiro atoms. The summed E-state index contributed by atoms with van der Waals surface area (Å²) in [6.07, 6.45) is 0. The molecule has 0 unspecified atom stereocenters. The Morgan fingerprint density at radius 1 is 1.20 bits per heavy atom. The summed E-state index contributed by atoms with van der Waals surface area (Å²) in [5.41, 5.74) is 1.83. The molecule has 0 aliphatic rings. The van der Waals surface area contributed by atoms with Gasteiger partial charge in [-0.25, -0.2) is 0 Å². The Labute approximate surface area is 126 Å². The van der Waals surface area contributed by atoms with Gasteiger partial charge >= 0.3 is 0 Å². The van der Waals surface area contributed by atoms with Crippen LogP contribution in [0.1, 0.15) is 11.1 Å². The molecule has 6 heteroatoms. The highest BCUT2D eigenvalue weighted by molar-refractivity contribution is 6.32. The van der Waals surface area contributed by atoms with Crippen molar-refractivity contribution >= 4 is 28.9 Å². The number of nitro benzene ring substituents is 1. The molecule has 0 atom stereocenters. The van der Waals surface area contributed by atoms with Crippen LogP contribution >= 0.6 is 23.2 Å². The molecule has 0 aromatic heterocycles. The number of hydrogen-bond acceptors (Lipinski definition) is 3. The summed E-state index contributed by atoms with van der Waals surface area (Å²) in [5.74, 6) is 1.25. The maximum absolute atomic E-state index is 10.6. The second-order valence-electron chi connectivity index (χ2n) is 4.22. The molecule has 20 heavy (non-hydrogen) atoms. The van der Waals surface area contributed by atoms with Crippen LogP contribution in [0.4, 0.5) is 5.69 Å². The van der Waals surface area contributed by atoms with E-state index in [1.165, 1.54) is 18.2 Å². The molecule has 2 rings (SSSR count). The zero-order chi connectivity index (χ0) is 14.7. The average Bonchev–Trinajstić information content (AvgIpc) is 2.42. The van der Waals surface area contributed by atoms with Gasteiger partial charge in [0.1, 0.15) is 11.5 Å². The van der Waals surface area contributed by atoms with Gasteiger partial charge in [-0.2, -0.15) is 0 Å². The normalized spacial score (nSPS) is 10.3. The molecule has 0 amide bonds. The summed E-state index contributed by atoms with van der Waals surface area (Å²) < 4.78 is 5.68. The Morgan fingerprint density at radius 3 is 2.50 bits per heavy atom. The Bertz CT molecular complexity index is 659. The van der Waals surface area contributed by atoms with Crippen molar-refractivity contribution in [2.24, 2.45) is 0 Å². The number of nitrogens with zero attached hydrogens (tertiary/aromatic N) is 1. The van der Waals surface area contributed by atoms with Crippen LogP contribution in [0.25, 0.3) is 0 Å².